The Morgan fingerprint density at radius 2 is 1.08 bits per heavy atom. The van der Waals surface area contributed by atoms with Crippen LogP contribution in [-0.4, -0.2) is 23.4 Å². The average Bonchev–Trinajstić information content (AvgIpc) is 2.05. The van der Waals surface area contributed by atoms with E-state index in [-0.39, 0.29) is 0 Å². The lowest BCUT2D eigenvalue weighted by Crippen LogP contribution is -2.14. The summed E-state index contributed by atoms with van der Waals surface area (Å²) in [6.07, 6.45) is 6.94. The lowest BCUT2D eigenvalue weighted by Gasteiger charge is -2.21. The predicted molar refractivity (Wildman–Crippen MR) is 48.9 cm³/mol. The molecule has 2 N–H and O–H groups in total. The van der Waals surface area contributed by atoms with Crippen LogP contribution in [0.3, 0.4) is 0 Å². The Kier molecular flexibility index (Phi) is 4.62. The highest BCUT2D eigenvalue weighted by Crippen LogP contribution is 2.25. The second-order valence-electron chi connectivity index (χ2n) is 3.96. The molecule has 0 saturated heterocycles. The van der Waals surface area contributed by atoms with E-state index in [4.69, 9.17) is 10.2 Å². The lowest BCUT2D eigenvalue weighted by atomic mass is 9.86. The fourth-order valence-electron chi connectivity index (χ4n) is 2.04. The van der Waals surface area contributed by atoms with Crippen molar-refractivity contribution in [2.45, 2.75) is 38.5 Å². The van der Waals surface area contributed by atoms with Crippen molar-refractivity contribution in [2.24, 2.45) is 11.8 Å². The molecule has 0 atom stereocenters. The minimum absolute atomic E-state index is 0.351. The molecule has 12 heavy (non-hydrogen) atoms. The maximum absolute atomic E-state index is 8.98. The van der Waals surface area contributed by atoms with Gasteiger partial charge in [-0.25, -0.2) is 0 Å². The maximum Gasteiger partial charge on any atom is 0.0459 e. The van der Waals surface area contributed by atoms with Crippen LogP contribution in [0.4, 0.5) is 0 Å². The second kappa shape index (κ2) is 5.55. The second-order valence-corrected chi connectivity index (χ2v) is 3.96. The Labute approximate surface area is 74.6 Å². The van der Waals surface area contributed by atoms with Gasteiger partial charge in [0, 0.05) is 13.2 Å². The van der Waals surface area contributed by atoms with E-state index in [1.54, 1.807) is 0 Å². The van der Waals surface area contributed by atoms with Crippen molar-refractivity contribution in [2.75, 3.05) is 13.2 Å². The van der Waals surface area contributed by atoms with Crippen molar-refractivity contribution >= 4 is 0 Å². The monoisotopic (exact) mass is 172 g/mol. The third-order valence-electron chi connectivity index (χ3n) is 2.97. The summed E-state index contributed by atoms with van der Waals surface area (Å²) in [5.74, 6) is 1.06. The van der Waals surface area contributed by atoms with E-state index >= 15 is 0 Å². The normalized spacial score (nSPS) is 32.5. The summed E-state index contributed by atoms with van der Waals surface area (Å²) in [5, 5.41) is 18.0. The zero-order valence-electron chi connectivity index (χ0n) is 7.71. The van der Waals surface area contributed by atoms with Gasteiger partial charge in [0.2, 0.25) is 0 Å². The Morgan fingerprint density at radius 1 is 0.750 bits per heavy atom. The minimum atomic E-state index is 0.351. The number of aliphatic hydroxyl groups is 2. The van der Waals surface area contributed by atoms with Crippen LogP contribution in [0.15, 0.2) is 0 Å². The summed E-state index contributed by atoms with van der Waals surface area (Å²) in [6.45, 7) is 0.702. The molecule has 0 bridgehead atoms. The van der Waals surface area contributed by atoms with Crippen molar-refractivity contribution in [1.29, 1.82) is 0 Å². The van der Waals surface area contributed by atoms with Crippen molar-refractivity contribution in [1.82, 2.24) is 0 Å². The summed E-state index contributed by atoms with van der Waals surface area (Å²) < 4.78 is 0. The molecule has 0 radical (unpaired) electrons. The highest BCUT2D eigenvalue weighted by Gasteiger charge is 2.15. The van der Waals surface area contributed by atoms with Crippen LogP contribution in [0.1, 0.15) is 38.5 Å². The van der Waals surface area contributed by atoms with E-state index in [0.717, 1.165) is 25.7 Å². The predicted octanol–water partition coefficient (Wildman–Crippen LogP) is 1.56. The zero-order valence-corrected chi connectivity index (χ0v) is 7.71. The molecule has 0 aromatic rings. The average molecular weight is 172 g/mol. The lowest BCUT2D eigenvalue weighted by molar-refractivity contribution is 0.163. The van der Waals surface area contributed by atoms with Crippen LogP contribution < -0.4 is 0 Å². The first-order chi connectivity index (χ1) is 5.86. The number of hydrogen-bond donors (Lipinski definition) is 2. The van der Waals surface area contributed by atoms with E-state index in [2.05, 4.69) is 0 Å². The first-order valence-electron chi connectivity index (χ1n) is 5.08. The molecule has 1 aliphatic rings. The molecule has 0 heterocycles. The molecule has 0 unspecified atom stereocenters. The van der Waals surface area contributed by atoms with E-state index < -0.39 is 0 Å². The molecule has 72 valence electrons. The van der Waals surface area contributed by atoms with Crippen molar-refractivity contribution < 1.29 is 10.2 Å². The van der Waals surface area contributed by atoms with Gasteiger partial charge in [-0.2, -0.15) is 0 Å². The largest absolute Gasteiger partial charge is 0.396 e. The van der Waals surface area contributed by atoms with Crippen LogP contribution in [-0.2, 0) is 0 Å². The summed E-state index contributed by atoms with van der Waals surface area (Å²) in [4.78, 5) is 0. The van der Waals surface area contributed by atoms with Crippen LogP contribution in [0.2, 0.25) is 0 Å². The molecule has 1 aliphatic carbocycles. The Balaban J connectivity index is 2.24. The van der Waals surface area contributed by atoms with E-state index in [9.17, 15) is 0 Å². The van der Waals surface area contributed by atoms with Gasteiger partial charge >= 0.3 is 0 Å². The fourth-order valence-corrected chi connectivity index (χ4v) is 2.04. The third-order valence-corrected chi connectivity index (χ3v) is 2.97. The Hall–Kier alpha value is -0.0800. The van der Waals surface area contributed by atoms with Gasteiger partial charge in [-0.3, -0.25) is 0 Å². The molecular formula is C10H20O2. The summed E-state index contributed by atoms with van der Waals surface area (Å²) in [5.41, 5.74) is 0. The first-order valence-corrected chi connectivity index (χ1v) is 5.08. The van der Waals surface area contributed by atoms with E-state index in [1.165, 1.54) is 12.8 Å². The zero-order chi connectivity index (χ0) is 8.81. The molecule has 0 aromatic heterocycles. The summed E-state index contributed by atoms with van der Waals surface area (Å²) >= 11 is 0. The van der Waals surface area contributed by atoms with Gasteiger partial charge in [0.15, 0.2) is 0 Å². The van der Waals surface area contributed by atoms with Crippen molar-refractivity contribution in [3.8, 4) is 0 Å². The molecule has 0 spiro atoms. The van der Waals surface area contributed by atoms with Gasteiger partial charge in [-0.15, -0.1) is 0 Å². The van der Waals surface area contributed by atoms with Crippen LogP contribution >= 0.6 is 0 Å². The molecule has 2 heteroatoms. The SMILES string of the molecule is OCC1CCCC(CO)CCC1. The third kappa shape index (κ3) is 3.11. The first kappa shape index (κ1) is 10.0. The highest BCUT2D eigenvalue weighted by atomic mass is 16.3. The standard InChI is InChI=1S/C10H20O2/c11-7-9-3-1-4-10(8-12)6-2-5-9/h9-12H,1-8H2. The Bertz CT molecular complexity index is 92.4. The topological polar surface area (TPSA) is 40.5 Å². The molecule has 1 fully saturated rings. The Morgan fingerprint density at radius 3 is 1.33 bits per heavy atom. The minimum Gasteiger partial charge on any atom is -0.396 e. The van der Waals surface area contributed by atoms with Crippen LogP contribution in [0.5, 0.6) is 0 Å². The number of hydrogen-bond acceptors (Lipinski definition) is 2. The molecule has 2 nitrogen and oxygen atoms in total. The van der Waals surface area contributed by atoms with E-state index in [0.29, 0.717) is 25.0 Å². The summed E-state index contributed by atoms with van der Waals surface area (Å²) in [7, 11) is 0. The molecular weight excluding hydrogens is 152 g/mol. The highest BCUT2D eigenvalue weighted by molar-refractivity contribution is 4.67. The van der Waals surface area contributed by atoms with Gasteiger partial charge in [0.25, 0.3) is 0 Å². The quantitative estimate of drug-likeness (QED) is 0.663. The smallest absolute Gasteiger partial charge is 0.0459 e. The van der Waals surface area contributed by atoms with Gasteiger partial charge in [-0.1, -0.05) is 12.8 Å². The molecule has 0 amide bonds. The molecule has 1 saturated carbocycles. The van der Waals surface area contributed by atoms with Gasteiger partial charge < -0.3 is 10.2 Å². The number of aliphatic hydroxyl groups excluding tert-OH is 2. The van der Waals surface area contributed by atoms with Crippen molar-refractivity contribution in [3.05, 3.63) is 0 Å². The van der Waals surface area contributed by atoms with Crippen LogP contribution in [0, 0.1) is 11.8 Å². The maximum atomic E-state index is 8.98. The molecule has 1 rings (SSSR count). The fraction of sp³-hybridized carbons (Fsp3) is 1.00. The van der Waals surface area contributed by atoms with E-state index in [1.807, 2.05) is 0 Å². The number of rotatable bonds is 2. The summed E-state index contributed by atoms with van der Waals surface area (Å²) in [6, 6.07) is 0. The van der Waals surface area contributed by atoms with Crippen molar-refractivity contribution in [3.63, 3.8) is 0 Å². The van der Waals surface area contributed by atoms with Gasteiger partial charge in [-0.05, 0) is 37.5 Å². The molecule has 0 aromatic carbocycles. The van der Waals surface area contributed by atoms with Gasteiger partial charge in [0.1, 0.15) is 0 Å². The van der Waals surface area contributed by atoms with Crippen LogP contribution in [0.25, 0.3) is 0 Å². The molecule has 0 aliphatic heterocycles. The van der Waals surface area contributed by atoms with Gasteiger partial charge in [0.05, 0.1) is 0 Å².